The molecule has 0 spiro atoms. The van der Waals surface area contributed by atoms with Crippen LogP contribution in [0.2, 0.25) is 0 Å². The van der Waals surface area contributed by atoms with Gasteiger partial charge in [0.2, 0.25) is 0 Å². The van der Waals surface area contributed by atoms with Crippen molar-refractivity contribution in [2.45, 2.75) is 6.92 Å². The minimum absolute atomic E-state index is 0.205. The van der Waals surface area contributed by atoms with Crippen molar-refractivity contribution >= 4 is 5.82 Å². The highest BCUT2D eigenvalue weighted by atomic mass is 16.5. The summed E-state index contributed by atoms with van der Waals surface area (Å²) in [6, 6.07) is 19.2. The van der Waals surface area contributed by atoms with Gasteiger partial charge >= 0.3 is 0 Å². The summed E-state index contributed by atoms with van der Waals surface area (Å²) in [4.78, 5) is 4.40. The predicted octanol–water partition coefficient (Wildman–Crippen LogP) is 4.28. The van der Waals surface area contributed by atoms with Gasteiger partial charge in [-0.2, -0.15) is 5.26 Å². The van der Waals surface area contributed by atoms with Crippen LogP contribution in [0, 0.1) is 11.3 Å². The topological polar surface area (TPSA) is 81.2 Å². The lowest BCUT2D eigenvalue weighted by molar-refractivity contribution is 0.340. The molecule has 5 nitrogen and oxygen atoms in total. The summed E-state index contributed by atoms with van der Waals surface area (Å²) in [6.45, 7) is 2.54. The molecule has 0 radical (unpaired) electrons. The predicted molar refractivity (Wildman–Crippen MR) is 102 cm³/mol. The van der Waals surface area contributed by atoms with Crippen molar-refractivity contribution in [3.05, 3.63) is 60.2 Å². The number of nitriles is 1. The molecule has 0 fully saturated rings. The van der Waals surface area contributed by atoms with Crippen molar-refractivity contribution in [3.63, 3.8) is 0 Å². The molecule has 0 amide bonds. The van der Waals surface area contributed by atoms with Crippen LogP contribution in [0.25, 0.3) is 22.4 Å². The summed E-state index contributed by atoms with van der Waals surface area (Å²) in [7, 11) is 1.62. The number of methoxy groups -OCH3 is 1. The fraction of sp³-hybridized carbons (Fsp3) is 0.143. The number of hydrogen-bond acceptors (Lipinski definition) is 5. The van der Waals surface area contributed by atoms with Gasteiger partial charge in [-0.3, -0.25) is 0 Å². The smallest absolute Gasteiger partial charge is 0.142 e. The number of ether oxygens (including phenoxy) is 2. The first-order chi connectivity index (χ1) is 12.7. The third-order valence-electron chi connectivity index (χ3n) is 4.00. The molecule has 0 bridgehead atoms. The van der Waals surface area contributed by atoms with Crippen LogP contribution in [-0.2, 0) is 0 Å². The maximum absolute atomic E-state index is 9.53. The Kier molecular flexibility index (Phi) is 5.04. The molecule has 3 aromatic rings. The number of hydrogen-bond donors (Lipinski definition) is 1. The molecule has 26 heavy (non-hydrogen) atoms. The monoisotopic (exact) mass is 345 g/mol. The molecule has 0 atom stereocenters. The lowest BCUT2D eigenvalue weighted by atomic mass is 9.98. The van der Waals surface area contributed by atoms with E-state index in [0.717, 1.165) is 28.2 Å². The normalized spacial score (nSPS) is 10.2. The minimum Gasteiger partial charge on any atom is -0.497 e. The second-order valence-electron chi connectivity index (χ2n) is 5.62. The van der Waals surface area contributed by atoms with Crippen molar-refractivity contribution in [1.29, 1.82) is 5.26 Å². The average Bonchev–Trinajstić information content (AvgIpc) is 2.68. The van der Waals surface area contributed by atoms with E-state index >= 15 is 0 Å². The standard InChI is InChI=1S/C21H19N3O2/c1-3-26-16-9-7-14(8-10-16)18-12-20(24-21(23)19(18)13-22)15-5-4-6-17(11-15)25-2/h4-12H,3H2,1-2H3,(H2,23,24). The first-order valence-corrected chi connectivity index (χ1v) is 8.24. The third kappa shape index (κ3) is 3.45. The van der Waals surface area contributed by atoms with E-state index in [-0.39, 0.29) is 5.82 Å². The van der Waals surface area contributed by atoms with Gasteiger partial charge in [-0.05, 0) is 42.8 Å². The zero-order chi connectivity index (χ0) is 18.5. The Labute approximate surface area is 152 Å². The fourth-order valence-corrected chi connectivity index (χ4v) is 2.74. The number of aromatic nitrogens is 1. The van der Waals surface area contributed by atoms with Crippen LogP contribution < -0.4 is 15.2 Å². The van der Waals surface area contributed by atoms with Crippen molar-refractivity contribution in [2.24, 2.45) is 0 Å². The minimum atomic E-state index is 0.205. The Bertz CT molecular complexity index is 960. The number of benzene rings is 2. The zero-order valence-corrected chi connectivity index (χ0v) is 14.7. The molecule has 0 aliphatic heterocycles. The summed E-state index contributed by atoms with van der Waals surface area (Å²) in [5.41, 5.74) is 9.60. The molecular formula is C21H19N3O2. The molecule has 1 aromatic heterocycles. The van der Waals surface area contributed by atoms with Crippen molar-refractivity contribution in [1.82, 2.24) is 4.98 Å². The summed E-state index contributed by atoms with van der Waals surface area (Å²) in [5.74, 6) is 1.72. The maximum atomic E-state index is 9.53. The highest BCUT2D eigenvalue weighted by Crippen LogP contribution is 2.33. The zero-order valence-electron chi connectivity index (χ0n) is 14.7. The lowest BCUT2D eigenvalue weighted by Crippen LogP contribution is -2.00. The van der Waals surface area contributed by atoms with Crippen molar-refractivity contribution in [3.8, 4) is 40.0 Å². The van der Waals surface area contributed by atoms with E-state index in [0.29, 0.717) is 17.9 Å². The molecule has 0 saturated carbocycles. The van der Waals surface area contributed by atoms with E-state index in [1.54, 1.807) is 7.11 Å². The number of nitrogen functional groups attached to an aromatic ring is 1. The van der Waals surface area contributed by atoms with Crippen LogP contribution in [-0.4, -0.2) is 18.7 Å². The van der Waals surface area contributed by atoms with Gasteiger partial charge in [0, 0.05) is 11.1 Å². The van der Waals surface area contributed by atoms with Crippen molar-refractivity contribution < 1.29 is 9.47 Å². The van der Waals surface area contributed by atoms with Crippen LogP contribution in [0.3, 0.4) is 0 Å². The van der Waals surface area contributed by atoms with Crippen LogP contribution in [0.5, 0.6) is 11.5 Å². The second-order valence-corrected chi connectivity index (χ2v) is 5.62. The van der Waals surface area contributed by atoms with Crippen LogP contribution in [0.15, 0.2) is 54.6 Å². The number of nitrogens with two attached hydrogens (primary N) is 1. The lowest BCUT2D eigenvalue weighted by Gasteiger charge is -2.11. The Morgan fingerprint density at radius 2 is 1.81 bits per heavy atom. The molecule has 2 aromatic carbocycles. The maximum Gasteiger partial charge on any atom is 0.142 e. The molecule has 0 aliphatic carbocycles. The van der Waals surface area contributed by atoms with E-state index in [4.69, 9.17) is 15.2 Å². The van der Waals surface area contributed by atoms with Gasteiger partial charge in [-0.1, -0.05) is 24.3 Å². The summed E-state index contributed by atoms with van der Waals surface area (Å²) >= 11 is 0. The Morgan fingerprint density at radius 3 is 2.46 bits per heavy atom. The van der Waals surface area contributed by atoms with E-state index in [2.05, 4.69) is 11.1 Å². The van der Waals surface area contributed by atoms with Crippen LogP contribution >= 0.6 is 0 Å². The third-order valence-corrected chi connectivity index (χ3v) is 4.00. The first kappa shape index (κ1) is 17.3. The number of rotatable bonds is 5. The summed E-state index contributed by atoms with van der Waals surface area (Å²) in [5, 5.41) is 9.53. The molecule has 0 saturated heterocycles. The highest BCUT2D eigenvalue weighted by Gasteiger charge is 2.14. The van der Waals surface area contributed by atoms with E-state index in [1.807, 2.05) is 61.5 Å². The van der Waals surface area contributed by atoms with Gasteiger partial charge < -0.3 is 15.2 Å². The Morgan fingerprint density at radius 1 is 1.04 bits per heavy atom. The van der Waals surface area contributed by atoms with Gasteiger partial charge in [-0.25, -0.2) is 4.98 Å². The molecule has 5 heteroatoms. The molecule has 2 N–H and O–H groups in total. The van der Waals surface area contributed by atoms with Crippen molar-refractivity contribution in [2.75, 3.05) is 19.5 Å². The number of pyridine rings is 1. The second kappa shape index (κ2) is 7.58. The molecule has 3 rings (SSSR count). The van der Waals surface area contributed by atoms with Gasteiger partial charge in [0.1, 0.15) is 28.9 Å². The molecule has 0 unspecified atom stereocenters. The molecule has 0 aliphatic rings. The Balaban J connectivity index is 2.12. The fourth-order valence-electron chi connectivity index (χ4n) is 2.74. The quantitative estimate of drug-likeness (QED) is 0.746. The summed E-state index contributed by atoms with van der Waals surface area (Å²) < 4.78 is 10.8. The molecule has 130 valence electrons. The largest absolute Gasteiger partial charge is 0.497 e. The van der Waals surface area contributed by atoms with E-state index in [9.17, 15) is 5.26 Å². The van der Waals surface area contributed by atoms with Gasteiger partial charge in [0.25, 0.3) is 0 Å². The highest BCUT2D eigenvalue weighted by molar-refractivity contribution is 5.80. The first-order valence-electron chi connectivity index (χ1n) is 8.24. The molecular weight excluding hydrogens is 326 g/mol. The van der Waals surface area contributed by atoms with Crippen LogP contribution in [0.1, 0.15) is 12.5 Å². The van der Waals surface area contributed by atoms with Gasteiger partial charge in [0.05, 0.1) is 19.4 Å². The number of anilines is 1. The van der Waals surface area contributed by atoms with Crippen LogP contribution in [0.4, 0.5) is 5.82 Å². The average molecular weight is 345 g/mol. The summed E-state index contributed by atoms with van der Waals surface area (Å²) in [6.07, 6.45) is 0. The SMILES string of the molecule is CCOc1ccc(-c2cc(-c3cccc(OC)c3)nc(N)c2C#N)cc1. The Hall–Kier alpha value is -3.52. The van der Waals surface area contributed by atoms with E-state index < -0.39 is 0 Å². The number of nitrogens with zero attached hydrogens (tertiary/aromatic N) is 2. The molecule has 1 heterocycles. The van der Waals surface area contributed by atoms with E-state index in [1.165, 1.54) is 0 Å². The van der Waals surface area contributed by atoms with Gasteiger partial charge in [-0.15, -0.1) is 0 Å². The van der Waals surface area contributed by atoms with Gasteiger partial charge in [0.15, 0.2) is 0 Å².